The van der Waals surface area contributed by atoms with E-state index in [1.54, 1.807) is 4.90 Å². The highest BCUT2D eigenvalue weighted by atomic mass is 16.6. The summed E-state index contributed by atoms with van der Waals surface area (Å²) in [6.45, 7) is 11.2. The van der Waals surface area contributed by atoms with E-state index < -0.39 is 5.60 Å². The number of carbonyl (C=O) groups excluding carboxylic acids is 1. The summed E-state index contributed by atoms with van der Waals surface area (Å²) in [6, 6.07) is 8.26. The van der Waals surface area contributed by atoms with Crippen molar-refractivity contribution < 1.29 is 14.3 Å². The zero-order valence-electron chi connectivity index (χ0n) is 17.8. The smallest absolute Gasteiger partial charge is 0.414 e. The zero-order chi connectivity index (χ0) is 20.2. The van der Waals surface area contributed by atoms with Crippen LogP contribution in [0.1, 0.15) is 46.6 Å². The van der Waals surface area contributed by atoms with Gasteiger partial charge in [0.15, 0.2) is 0 Å². The van der Waals surface area contributed by atoms with Gasteiger partial charge < -0.3 is 14.4 Å². The van der Waals surface area contributed by atoms with Gasteiger partial charge in [-0.3, -0.25) is 4.90 Å². The summed E-state index contributed by atoms with van der Waals surface area (Å²) in [5, 5.41) is 0. The van der Waals surface area contributed by atoms with Gasteiger partial charge in [0.1, 0.15) is 18.0 Å². The lowest BCUT2D eigenvalue weighted by Gasteiger charge is -2.34. The normalized spacial score (nSPS) is 18.9. The first kappa shape index (κ1) is 21.3. The lowest BCUT2D eigenvalue weighted by Crippen LogP contribution is -2.39. The number of hydrogen-bond acceptors (Lipinski definition) is 4. The Kier molecular flexibility index (Phi) is 6.93. The third-order valence-electron chi connectivity index (χ3n) is 4.62. The molecule has 0 fully saturated rings. The maximum atomic E-state index is 12.7. The minimum Gasteiger partial charge on any atom is -0.492 e. The van der Waals surface area contributed by atoms with Crippen molar-refractivity contribution in [1.29, 1.82) is 0 Å². The van der Waals surface area contributed by atoms with Crippen molar-refractivity contribution in [3.63, 3.8) is 0 Å². The molecule has 5 heteroatoms. The molecule has 0 aliphatic carbocycles. The van der Waals surface area contributed by atoms with Crippen molar-refractivity contribution in [1.82, 2.24) is 9.80 Å². The lowest BCUT2D eigenvalue weighted by atomic mass is 9.98. The second kappa shape index (κ2) is 8.79. The molecule has 1 aliphatic heterocycles. The van der Waals surface area contributed by atoms with Gasteiger partial charge in [0.2, 0.25) is 0 Å². The summed E-state index contributed by atoms with van der Waals surface area (Å²) in [6.07, 6.45) is 2.77. The molecule has 1 unspecified atom stereocenters. The maximum Gasteiger partial charge on any atom is 0.414 e. The average molecular weight is 375 g/mol. The van der Waals surface area contributed by atoms with Gasteiger partial charge >= 0.3 is 6.09 Å². The Labute approximate surface area is 163 Å². The van der Waals surface area contributed by atoms with Crippen LogP contribution in [-0.4, -0.2) is 54.8 Å². The SMILES string of the molecule is CC1CC=C(c2cccc(OC[C@@H](C)N(C)C)c2)N(C(=O)OC(C)(C)C)C1. The van der Waals surface area contributed by atoms with Crippen molar-refractivity contribution >= 4 is 11.8 Å². The van der Waals surface area contributed by atoms with E-state index in [1.807, 2.05) is 59.1 Å². The number of carbonyl (C=O) groups is 1. The molecule has 0 radical (unpaired) electrons. The molecule has 2 rings (SSSR count). The average Bonchev–Trinajstić information content (AvgIpc) is 2.58. The fraction of sp³-hybridized carbons (Fsp3) is 0.591. The highest BCUT2D eigenvalue weighted by Crippen LogP contribution is 2.31. The lowest BCUT2D eigenvalue weighted by molar-refractivity contribution is 0.0327. The van der Waals surface area contributed by atoms with Crippen molar-refractivity contribution in [3.8, 4) is 5.75 Å². The number of ether oxygens (including phenoxy) is 2. The summed E-state index contributed by atoms with van der Waals surface area (Å²) in [4.78, 5) is 16.6. The van der Waals surface area contributed by atoms with E-state index in [-0.39, 0.29) is 6.09 Å². The first-order chi connectivity index (χ1) is 12.6. The quantitative estimate of drug-likeness (QED) is 0.753. The minimum atomic E-state index is -0.518. The Balaban J connectivity index is 2.20. The summed E-state index contributed by atoms with van der Waals surface area (Å²) in [5.74, 6) is 1.21. The molecular weight excluding hydrogens is 340 g/mol. The molecule has 0 saturated heterocycles. The van der Waals surface area contributed by atoms with Crippen LogP contribution < -0.4 is 4.74 Å². The fourth-order valence-electron chi connectivity index (χ4n) is 2.78. The summed E-state index contributed by atoms with van der Waals surface area (Å²) < 4.78 is 11.6. The molecule has 1 aromatic rings. The van der Waals surface area contributed by atoms with Gasteiger partial charge in [-0.25, -0.2) is 4.79 Å². The van der Waals surface area contributed by atoms with E-state index in [0.29, 0.717) is 25.1 Å². The molecule has 27 heavy (non-hydrogen) atoms. The standard InChI is InChI=1S/C22H34N2O3/c1-16-11-12-20(24(14-16)21(25)27-22(3,4)5)18-9-8-10-19(13-18)26-15-17(2)23(6)7/h8-10,12-13,16-17H,11,14-15H2,1-7H3/t16?,17-/m1/s1. The highest BCUT2D eigenvalue weighted by molar-refractivity contribution is 5.83. The number of likely N-dealkylation sites (N-methyl/N-ethyl adjacent to an activating group) is 1. The second-order valence-corrected chi connectivity index (χ2v) is 8.67. The number of rotatable bonds is 5. The summed E-state index contributed by atoms with van der Waals surface area (Å²) in [5.41, 5.74) is 1.35. The van der Waals surface area contributed by atoms with Gasteiger partial charge in [-0.15, -0.1) is 0 Å². The van der Waals surface area contributed by atoms with E-state index in [4.69, 9.17) is 9.47 Å². The van der Waals surface area contributed by atoms with Gasteiger partial charge in [-0.2, -0.15) is 0 Å². The molecule has 1 aliphatic rings. The summed E-state index contributed by atoms with van der Waals surface area (Å²) in [7, 11) is 4.08. The summed E-state index contributed by atoms with van der Waals surface area (Å²) >= 11 is 0. The molecule has 5 nitrogen and oxygen atoms in total. The van der Waals surface area contributed by atoms with Crippen LogP contribution in [0.5, 0.6) is 5.75 Å². The molecule has 0 saturated carbocycles. The van der Waals surface area contributed by atoms with E-state index in [2.05, 4.69) is 24.8 Å². The zero-order valence-corrected chi connectivity index (χ0v) is 17.8. The largest absolute Gasteiger partial charge is 0.492 e. The Morgan fingerprint density at radius 3 is 2.67 bits per heavy atom. The molecule has 1 amide bonds. The van der Waals surface area contributed by atoms with Crippen molar-refractivity contribution in [2.24, 2.45) is 5.92 Å². The van der Waals surface area contributed by atoms with Gasteiger partial charge in [0.05, 0.1) is 5.70 Å². The predicted octanol–water partition coefficient (Wildman–Crippen LogP) is 4.63. The monoisotopic (exact) mass is 374 g/mol. The molecule has 150 valence electrons. The molecule has 1 aromatic carbocycles. The second-order valence-electron chi connectivity index (χ2n) is 8.67. The molecule has 0 aromatic heterocycles. The van der Waals surface area contributed by atoms with Crippen LogP contribution >= 0.6 is 0 Å². The van der Waals surface area contributed by atoms with Crippen molar-refractivity contribution in [2.75, 3.05) is 27.2 Å². The molecule has 0 bridgehead atoms. The number of allylic oxidation sites excluding steroid dienone is 1. The van der Waals surface area contributed by atoms with Crippen molar-refractivity contribution in [3.05, 3.63) is 35.9 Å². The van der Waals surface area contributed by atoms with Gasteiger partial charge in [-0.1, -0.05) is 25.1 Å². The third-order valence-corrected chi connectivity index (χ3v) is 4.62. The van der Waals surface area contributed by atoms with Crippen LogP contribution in [0.3, 0.4) is 0 Å². The highest BCUT2D eigenvalue weighted by Gasteiger charge is 2.29. The fourth-order valence-corrected chi connectivity index (χ4v) is 2.78. The topological polar surface area (TPSA) is 42.0 Å². The Bertz CT molecular complexity index is 676. The minimum absolute atomic E-state index is 0.298. The number of nitrogens with zero attached hydrogens (tertiary/aromatic N) is 2. The maximum absolute atomic E-state index is 12.7. The Hall–Kier alpha value is -2.01. The Morgan fingerprint density at radius 1 is 1.33 bits per heavy atom. The van der Waals surface area contributed by atoms with Crippen LogP contribution in [-0.2, 0) is 4.74 Å². The molecule has 1 heterocycles. The van der Waals surface area contributed by atoms with Gasteiger partial charge in [0.25, 0.3) is 0 Å². The van der Waals surface area contributed by atoms with E-state index >= 15 is 0 Å². The first-order valence-corrected chi connectivity index (χ1v) is 9.67. The van der Waals surface area contributed by atoms with Crippen LogP contribution in [0.25, 0.3) is 5.70 Å². The van der Waals surface area contributed by atoms with E-state index in [1.165, 1.54) is 0 Å². The van der Waals surface area contributed by atoms with Crippen LogP contribution in [0.15, 0.2) is 30.3 Å². The third kappa shape index (κ3) is 6.28. The Morgan fingerprint density at radius 2 is 2.04 bits per heavy atom. The molecule has 0 N–H and O–H groups in total. The molecule has 0 spiro atoms. The first-order valence-electron chi connectivity index (χ1n) is 9.67. The van der Waals surface area contributed by atoms with Crippen LogP contribution in [0.4, 0.5) is 4.79 Å². The van der Waals surface area contributed by atoms with Crippen LogP contribution in [0, 0.1) is 5.92 Å². The van der Waals surface area contributed by atoms with Gasteiger partial charge in [-0.05, 0) is 66.3 Å². The molecule has 2 atom stereocenters. The number of amides is 1. The van der Waals surface area contributed by atoms with E-state index in [9.17, 15) is 4.79 Å². The predicted molar refractivity (Wildman–Crippen MR) is 110 cm³/mol. The number of benzene rings is 1. The van der Waals surface area contributed by atoms with Gasteiger partial charge in [0, 0.05) is 18.2 Å². The van der Waals surface area contributed by atoms with Crippen molar-refractivity contribution in [2.45, 2.75) is 52.7 Å². The van der Waals surface area contributed by atoms with E-state index in [0.717, 1.165) is 23.4 Å². The van der Waals surface area contributed by atoms with Crippen LogP contribution in [0.2, 0.25) is 0 Å². The molecular formula is C22H34N2O3. The number of hydrogen-bond donors (Lipinski definition) is 0.